The lowest BCUT2D eigenvalue weighted by atomic mass is 9.85. The molecule has 0 saturated heterocycles. The minimum absolute atomic E-state index is 0.312. The van der Waals surface area contributed by atoms with Crippen LogP contribution in [0.2, 0.25) is 0 Å². The highest BCUT2D eigenvalue weighted by Crippen LogP contribution is 2.27. The van der Waals surface area contributed by atoms with Gasteiger partial charge in [0.2, 0.25) is 0 Å². The molecule has 0 radical (unpaired) electrons. The van der Waals surface area contributed by atoms with Crippen molar-refractivity contribution in [1.29, 1.82) is 0 Å². The topological polar surface area (TPSA) is 17.1 Å². The molecule has 1 aliphatic carbocycles. The molecule has 1 fully saturated rings. The van der Waals surface area contributed by atoms with E-state index < -0.39 is 0 Å². The van der Waals surface area contributed by atoms with Gasteiger partial charge in [0.05, 0.1) is 0 Å². The molecule has 0 amide bonds. The molecule has 0 aromatic heterocycles. The quantitative estimate of drug-likeness (QED) is 0.546. The van der Waals surface area contributed by atoms with E-state index in [-0.39, 0.29) is 0 Å². The van der Waals surface area contributed by atoms with Crippen LogP contribution in [0.3, 0.4) is 0 Å². The second kappa shape index (κ2) is 6.53. The summed E-state index contributed by atoms with van der Waals surface area (Å²) >= 11 is 0. The Kier molecular flexibility index (Phi) is 4.74. The van der Waals surface area contributed by atoms with Crippen LogP contribution in [0.25, 0.3) is 0 Å². The summed E-state index contributed by atoms with van der Waals surface area (Å²) in [4.78, 5) is 12.2. The monoisotopic (exact) mass is 242 g/mol. The number of carbonyl (C=O) groups is 1. The first kappa shape index (κ1) is 13.1. The molecule has 0 N–H and O–H groups in total. The summed E-state index contributed by atoms with van der Waals surface area (Å²) < 4.78 is 0. The Hall–Kier alpha value is -1.37. The van der Waals surface area contributed by atoms with Crippen LogP contribution < -0.4 is 0 Å². The summed E-state index contributed by atoms with van der Waals surface area (Å²) in [5, 5.41) is 0. The molecular formula is C17H22O. The van der Waals surface area contributed by atoms with E-state index in [1.807, 2.05) is 30.3 Å². The van der Waals surface area contributed by atoms with E-state index >= 15 is 0 Å². The van der Waals surface area contributed by atoms with Gasteiger partial charge in [-0.3, -0.25) is 4.79 Å². The van der Waals surface area contributed by atoms with Crippen molar-refractivity contribution in [3.05, 3.63) is 48.0 Å². The summed E-state index contributed by atoms with van der Waals surface area (Å²) in [6, 6.07) is 8.00. The van der Waals surface area contributed by atoms with Gasteiger partial charge in [-0.25, -0.2) is 0 Å². The maximum Gasteiger partial charge on any atom is 0.163 e. The molecule has 2 rings (SSSR count). The highest BCUT2D eigenvalue weighted by Gasteiger charge is 2.17. The first-order valence-corrected chi connectivity index (χ1v) is 7.02. The lowest BCUT2D eigenvalue weighted by Crippen LogP contribution is -2.12. The molecule has 0 spiro atoms. The molecule has 1 aromatic carbocycles. The molecule has 1 aromatic rings. The Labute approximate surface area is 110 Å². The van der Waals surface area contributed by atoms with Crippen LogP contribution in [0, 0.1) is 5.92 Å². The van der Waals surface area contributed by atoms with Crippen LogP contribution in [-0.2, 0) is 6.42 Å². The summed E-state index contributed by atoms with van der Waals surface area (Å²) in [5.74, 6) is 0.936. The number of allylic oxidation sites excluding steroid dienone is 1. The van der Waals surface area contributed by atoms with Crippen molar-refractivity contribution in [1.82, 2.24) is 0 Å². The van der Waals surface area contributed by atoms with E-state index in [1.54, 1.807) is 0 Å². The standard InChI is InChI=1S/C17H22O/c1-2-6-14-9-11-16(12-10-14)17(18)13-15-7-4-3-5-8-15/h2,9-12,15H,1,3-8,13H2. The zero-order valence-corrected chi connectivity index (χ0v) is 11.0. The van der Waals surface area contributed by atoms with E-state index in [0.29, 0.717) is 11.7 Å². The van der Waals surface area contributed by atoms with Crippen LogP contribution in [0.4, 0.5) is 0 Å². The molecule has 0 atom stereocenters. The highest BCUT2D eigenvalue weighted by atomic mass is 16.1. The number of benzene rings is 1. The van der Waals surface area contributed by atoms with Gasteiger partial charge in [-0.2, -0.15) is 0 Å². The molecule has 1 nitrogen and oxygen atoms in total. The molecule has 1 saturated carbocycles. The number of carbonyl (C=O) groups excluding carboxylic acids is 1. The van der Waals surface area contributed by atoms with Crippen LogP contribution >= 0.6 is 0 Å². The summed E-state index contributed by atoms with van der Waals surface area (Å²) in [5.41, 5.74) is 2.09. The van der Waals surface area contributed by atoms with Crippen molar-refractivity contribution in [3.63, 3.8) is 0 Å². The fraction of sp³-hybridized carbons (Fsp3) is 0.471. The van der Waals surface area contributed by atoms with Crippen LogP contribution in [0.15, 0.2) is 36.9 Å². The average molecular weight is 242 g/mol. The maximum atomic E-state index is 12.2. The minimum Gasteiger partial charge on any atom is -0.294 e. The first-order valence-electron chi connectivity index (χ1n) is 7.02. The fourth-order valence-electron chi connectivity index (χ4n) is 2.76. The van der Waals surface area contributed by atoms with Gasteiger partial charge in [0, 0.05) is 12.0 Å². The van der Waals surface area contributed by atoms with Gasteiger partial charge in [0.15, 0.2) is 5.78 Å². The van der Waals surface area contributed by atoms with Crippen LogP contribution in [-0.4, -0.2) is 5.78 Å². The average Bonchev–Trinajstić information content (AvgIpc) is 2.41. The number of Topliss-reactive ketones (excluding diaryl/α,β-unsaturated/α-hetero) is 1. The van der Waals surface area contributed by atoms with E-state index in [2.05, 4.69) is 6.58 Å². The molecule has 0 heterocycles. The van der Waals surface area contributed by atoms with Crippen molar-refractivity contribution < 1.29 is 4.79 Å². The second-order valence-electron chi connectivity index (χ2n) is 5.32. The Morgan fingerprint density at radius 3 is 2.44 bits per heavy atom. The number of hydrogen-bond acceptors (Lipinski definition) is 1. The Bertz CT molecular complexity index is 396. The Balaban J connectivity index is 1.93. The Morgan fingerprint density at radius 2 is 1.83 bits per heavy atom. The summed E-state index contributed by atoms with van der Waals surface area (Å²) in [6.45, 7) is 3.72. The zero-order valence-electron chi connectivity index (χ0n) is 11.0. The lowest BCUT2D eigenvalue weighted by Gasteiger charge is -2.20. The number of rotatable bonds is 5. The summed E-state index contributed by atoms with van der Waals surface area (Å²) in [6.07, 6.45) is 9.92. The van der Waals surface area contributed by atoms with Crippen molar-refractivity contribution >= 4 is 5.78 Å². The van der Waals surface area contributed by atoms with Gasteiger partial charge >= 0.3 is 0 Å². The maximum absolute atomic E-state index is 12.2. The predicted octanol–water partition coefficient (Wildman–Crippen LogP) is 4.57. The zero-order chi connectivity index (χ0) is 12.8. The molecule has 0 unspecified atom stereocenters. The molecule has 0 bridgehead atoms. The van der Waals surface area contributed by atoms with E-state index in [1.165, 1.54) is 37.7 Å². The van der Waals surface area contributed by atoms with E-state index in [9.17, 15) is 4.79 Å². The van der Waals surface area contributed by atoms with Gasteiger partial charge in [-0.05, 0) is 17.9 Å². The third kappa shape index (κ3) is 3.56. The van der Waals surface area contributed by atoms with Gasteiger partial charge in [-0.15, -0.1) is 6.58 Å². The molecule has 96 valence electrons. The van der Waals surface area contributed by atoms with Crippen molar-refractivity contribution in [2.45, 2.75) is 44.9 Å². The molecule has 1 aliphatic rings. The first-order chi connectivity index (χ1) is 8.79. The van der Waals surface area contributed by atoms with Gasteiger partial charge in [-0.1, -0.05) is 62.4 Å². The van der Waals surface area contributed by atoms with Gasteiger partial charge in [0.25, 0.3) is 0 Å². The van der Waals surface area contributed by atoms with Crippen LogP contribution in [0.5, 0.6) is 0 Å². The minimum atomic E-state index is 0.312. The van der Waals surface area contributed by atoms with Crippen molar-refractivity contribution in [2.24, 2.45) is 5.92 Å². The SMILES string of the molecule is C=CCc1ccc(C(=O)CC2CCCCC2)cc1. The molecule has 18 heavy (non-hydrogen) atoms. The van der Waals surface area contributed by atoms with E-state index in [4.69, 9.17) is 0 Å². The van der Waals surface area contributed by atoms with E-state index in [0.717, 1.165) is 18.4 Å². The smallest absolute Gasteiger partial charge is 0.163 e. The normalized spacial score (nSPS) is 16.4. The third-order valence-corrected chi connectivity index (χ3v) is 3.85. The molecular weight excluding hydrogens is 220 g/mol. The third-order valence-electron chi connectivity index (χ3n) is 3.85. The fourth-order valence-corrected chi connectivity index (χ4v) is 2.76. The Morgan fingerprint density at radius 1 is 1.17 bits per heavy atom. The highest BCUT2D eigenvalue weighted by molar-refractivity contribution is 5.96. The molecule has 1 heteroatoms. The van der Waals surface area contributed by atoms with Gasteiger partial charge in [0.1, 0.15) is 0 Å². The second-order valence-corrected chi connectivity index (χ2v) is 5.32. The van der Waals surface area contributed by atoms with Crippen LogP contribution in [0.1, 0.15) is 54.4 Å². The largest absolute Gasteiger partial charge is 0.294 e. The van der Waals surface area contributed by atoms with Gasteiger partial charge < -0.3 is 0 Å². The lowest BCUT2D eigenvalue weighted by molar-refractivity contribution is 0.0950. The van der Waals surface area contributed by atoms with Crippen molar-refractivity contribution in [3.8, 4) is 0 Å². The molecule has 0 aliphatic heterocycles. The number of ketones is 1. The predicted molar refractivity (Wildman–Crippen MR) is 75.9 cm³/mol. The van der Waals surface area contributed by atoms with Crippen molar-refractivity contribution in [2.75, 3.05) is 0 Å². The summed E-state index contributed by atoms with van der Waals surface area (Å²) in [7, 11) is 0. The number of hydrogen-bond donors (Lipinski definition) is 0.